The summed E-state index contributed by atoms with van der Waals surface area (Å²) in [7, 11) is 0. The van der Waals surface area contributed by atoms with Gasteiger partial charge in [0.2, 0.25) is 0 Å². The first-order valence-electron chi connectivity index (χ1n) is 6.14. The summed E-state index contributed by atoms with van der Waals surface area (Å²) in [6, 6.07) is 4.39. The molecule has 1 aliphatic rings. The average Bonchev–Trinajstić information content (AvgIpc) is 2.38. The zero-order valence-electron chi connectivity index (χ0n) is 10.4. The number of nitrogens with zero attached hydrogens (tertiary/aromatic N) is 2. The Labute approximate surface area is 108 Å². The topological polar surface area (TPSA) is 25.4 Å². The molecule has 1 saturated heterocycles. The lowest BCUT2D eigenvalue weighted by atomic mass is 10.1. The van der Waals surface area contributed by atoms with Gasteiger partial charge in [-0.3, -0.25) is 0 Å². The van der Waals surface area contributed by atoms with E-state index in [4.69, 9.17) is 16.3 Å². The number of pyridine rings is 1. The lowest BCUT2D eigenvalue weighted by Gasteiger charge is -2.39. The molecule has 94 valence electrons. The lowest BCUT2D eigenvalue weighted by Crippen LogP contribution is -2.49. The summed E-state index contributed by atoms with van der Waals surface area (Å²) >= 11 is 5.98. The van der Waals surface area contributed by atoms with Crippen LogP contribution in [0.5, 0.6) is 0 Å². The molecule has 2 unspecified atom stereocenters. The van der Waals surface area contributed by atoms with Crippen LogP contribution in [0, 0.1) is 0 Å². The van der Waals surface area contributed by atoms with Gasteiger partial charge in [0.25, 0.3) is 0 Å². The minimum Gasteiger partial charge on any atom is -0.375 e. The quantitative estimate of drug-likeness (QED) is 0.776. The van der Waals surface area contributed by atoms with Crippen molar-refractivity contribution in [3.63, 3.8) is 0 Å². The summed E-state index contributed by atoms with van der Waals surface area (Å²) in [6.07, 6.45) is 3.14. The fourth-order valence-corrected chi connectivity index (χ4v) is 2.44. The number of hydrogen-bond donors (Lipinski definition) is 0. The van der Waals surface area contributed by atoms with Crippen molar-refractivity contribution in [1.82, 2.24) is 4.98 Å². The number of hydrogen-bond acceptors (Lipinski definition) is 3. The summed E-state index contributed by atoms with van der Waals surface area (Å²) in [6.45, 7) is 5.94. The Hall–Kier alpha value is -0.800. The fraction of sp³-hybridized carbons (Fsp3) is 0.615. The zero-order valence-corrected chi connectivity index (χ0v) is 11.2. The molecule has 1 aromatic rings. The van der Waals surface area contributed by atoms with Gasteiger partial charge in [-0.05, 0) is 19.4 Å². The van der Waals surface area contributed by atoms with Gasteiger partial charge in [0.15, 0.2) is 0 Å². The molecule has 1 aliphatic heterocycles. The minimum atomic E-state index is 0.253. The van der Waals surface area contributed by atoms with Crippen molar-refractivity contribution in [3.05, 3.63) is 23.9 Å². The van der Waals surface area contributed by atoms with Gasteiger partial charge in [-0.15, -0.1) is 11.6 Å². The van der Waals surface area contributed by atoms with Crippen LogP contribution >= 0.6 is 11.6 Å². The molecule has 0 aromatic carbocycles. The van der Waals surface area contributed by atoms with Gasteiger partial charge in [0, 0.05) is 18.3 Å². The first kappa shape index (κ1) is 12.7. The van der Waals surface area contributed by atoms with E-state index in [9.17, 15) is 0 Å². The number of aromatic nitrogens is 1. The molecule has 3 nitrogen and oxygen atoms in total. The highest BCUT2D eigenvalue weighted by molar-refractivity contribution is 6.17. The predicted molar refractivity (Wildman–Crippen MR) is 70.6 cm³/mol. The predicted octanol–water partition coefficient (Wildman–Crippen LogP) is 2.82. The molecule has 0 aliphatic carbocycles. The van der Waals surface area contributed by atoms with E-state index in [0.717, 1.165) is 31.0 Å². The van der Waals surface area contributed by atoms with Gasteiger partial charge in [-0.2, -0.15) is 0 Å². The molecule has 0 amide bonds. The van der Waals surface area contributed by atoms with Gasteiger partial charge >= 0.3 is 0 Å². The van der Waals surface area contributed by atoms with Crippen molar-refractivity contribution in [2.45, 2.75) is 38.3 Å². The number of alkyl halides is 1. The third kappa shape index (κ3) is 2.72. The normalized spacial score (nSPS) is 25.0. The van der Waals surface area contributed by atoms with E-state index < -0.39 is 0 Å². The highest BCUT2D eigenvalue weighted by Gasteiger charge is 2.27. The van der Waals surface area contributed by atoms with Crippen molar-refractivity contribution in [2.24, 2.45) is 0 Å². The third-order valence-electron chi connectivity index (χ3n) is 3.22. The first-order chi connectivity index (χ1) is 8.26. The zero-order chi connectivity index (χ0) is 12.3. The van der Waals surface area contributed by atoms with Crippen LogP contribution in [0.3, 0.4) is 0 Å². The van der Waals surface area contributed by atoms with Crippen molar-refractivity contribution in [1.29, 1.82) is 0 Å². The number of morpholine rings is 1. The molecular formula is C13H19ClN2O. The largest absolute Gasteiger partial charge is 0.375 e. The van der Waals surface area contributed by atoms with Crippen molar-refractivity contribution >= 4 is 17.4 Å². The molecule has 2 heterocycles. The van der Waals surface area contributed by atoms with E-state index in [2.05, 4.69) is 23.7 Å². The Morgan fingerprint density at radius 1 is 1.59 bits per heavy atom. The van der Waals surface area contributed by atoms with Gasteiger partial charge in [0.1, 0.15) is 5.82 Å². The first-order valence-corrected chi connectivity index (χ1v) is 6.67. The summed E-state index contributed by atoms with van der Waals surface area (Å²) in [4.78, 5) is 6.83. The monoisotopic (exact) mass is 254 g/mol. The maximum atomic E-state index is 5.98. The van der Waals surface area contributed by atoms with Crippen LogP contribution in [0.25, 0.3) is 0 Å². The highest BCUT2D eigenvalue weighted by atomic mass is 35.5. The van der Waals surface area contributed by atoms with Crippen molar-refractivity contribution in [3.8, 4) is 0 Å². The maximum absolute atomic E-state index is 5.98. The van der Waals surface area contributed by atoms with Gasteiger partial charge in [-0.1, -0.05) is 13.0 Å². The van der Waals surface area contributed by atoms with Gasteiger partial charge in [-0.25, -0.2) is 4.98 Å². The molecule has 1 fully saturated rings. The van der Waals surface area contributed by atoms with Crippen LogP contribution in [0.4, 0.5) is 5.82 Å². The van der Waals surface area contributed by atoms with E-state index >= 15 is 0 Å². The van der Waals surface area contributed by atoms with Crippen LogP contribution in [0.1, 0.15) is 25.8 Å². The van der Waals surface area contributed by atoms with E-state index in [-0.39, 0.29) is 6.10 Å². The molecule has 2 atom stereocenters. The molecule has 1 aromatic heterocycles. The Balaban J connectivity index is 2.28. The maximum Gasteiger partial charge on any atom is 0.133 e. The van der Waals surface area contributed by atoms with Crippen molar-refractivity contribution in [2.75, 3.05) is 18.1 Å². The van der Waals surface area contributed by atoms with E-state index in [0.29, 0.717) is 11.9 Å². The molecule has 0 N–H and O–H groups in total. The Kier molecular flexibility index (Phi) is 4.24. The summed E-state index contributed by atoms with van der Waals surface area (Å²) in [5, 5.41) is 0. The second kappa shape index (κ2) is 5.69. The second-order valence-corrected chi connectivity index (χ2v) is 4.75. The third-order valence-corrected chi connectivity index (χ3v) is 3.51. The van der Waals surface area contributed by atoms with E-state index in [1.807, 2.05) is 18.3 Å². The molecular weight excluding hydrogens is 236 g/mol. The number of rotatable bonds is 3. The molecule has 0 spiro atoms. The molecule has 0 bridgehead atoms. The molecule has 2 rings (SSSR count). The fourth-order valence-electron chi connectivity index (χ4n) is 2.23. The standard InChI is InChI=1S/C13H19ClN2O/c1-3-12-9-17-10(2)8-16(12)13-11(7-14)5-4-6-15-13/h4-6,10,12H,3,7-9H2,1-2H3. The summed E-state index contributed by atoms with van der Waals surface area (Å²) < 4.78 is 5.70. The van der Waals surface area contributed by atoms with E-state index in [1.54, 1.807) is 0 Å². The lowest BCUT2D eigenvalue weighted by molar-refractivity contribution is 0.0295. The Morgan fingerprint density at radius 3 is 3.12 bits per heavy atom. The smallest absolute Gasteiger partial charge is 0.133 e. The number of anilines is 1. The highest BCUT2D eigenvalue weighted by Crippen LogP contribution is 2.25. The van der Waals surface area contributed by atoms with Crippen LogP contribution in [-0.2, 0) is 10.6 Å². The Morgan fingerprint density at radius 2 is 2.41 bits per heavy atom. The second-order valence-electron chi connectivity index (χ2n) is 4.48. The van der Waals surface area contributed by atoms with Crippen molar-refractivity contribution < 1.29 is 4.74 Å². The summed E-state index contributed by atoms with van der Waals surface area (Å²) in [5.74, 6) is 1.52. The van der Waals surface area contributed by atoms with Gasteiger partial charge < -0.3 is 9.64 Å². The van der Waals surface area contributed by atoms with E-state index in [1.165, 1.54) is 0 Å². The van der Waals surface area contributed by atoms with Crippen LogP contribution in [-0.4, -0.2) is 30.3 Å². The SMILES string of the molecule is CCC1COC(C)CN1c1ncccc1CCl. The molecule has 0 saturated carbocycles. The van der Waals surface area contributed by atoms with Crippen LogP contribution in [0.2, 0.25) is 0 Å². The number of halogens is 1. The molecule has 4 heteroatoms. The van der Waals surface area contributed by atoms with Crippen LogP contribution < -0.4 is 4.90 Å². The van der Waals surface area contributed by atoms with Crippen LogP contribution in [0.15, 0.2) is 18.3 Å². The molecule has 0 radical (unpaired) electrons. The summed E-state index contributed by atoms with van der Waals surface area (Å²) in [5.41, 5.74) is 1.10. The molecule has 17 heavy (non-hydrogen) atoms. The minimum absolute atomic E-state index is 0.253. The van der Waals surface area contributed by atoms with Gasteiger partial charge in [0.05, 0.1) is 24.6 Å². The number of ether oxygens (including phenoxy) is 1. The Bertz CT molecular complexity index is 372. The average molecular weight is 255 g/mol.